The van der Waals surface area contributed by atoms with Crippen LogP contribution in [0.15, 0.2) is 59.8 Å². The van der Waals surface area contributed by atoms with Crippen LogP contribution in [0, 0.1) is 5.92 Å². The number of carbonyl (C=O) groups is 1. The Balaban J connectivity index is 1.57. The molecule has 3 aromatic rings. The summed E-state index contributed by atoms with van der Waals surface area (Å²) in [5, 5.41) is 4.17. The average molecular weight is 391 g/mol. The maximum atomic E-state index is 12.6. The van der Waals surface area contributed by atoms with Crippen molar-refractivity contribution in [2.45, 2.75) is 32.1 Å². The fraction of sp³-hybridized carbons (Fsp3) is 0.348. The number of hydrogen-bond acceptors (Lipinski definition) is 4. The molecule has 0 atom stereocenters. The van der Waals surface area contributed by atoms with Gasteiger partial charge >= 0.3 is 5.97 Å². The number of carbonyl (C=O) groups excluding carboxylic acids is 1. The number of esters is 1. The van der Waals surface area contributed by atoms with Crippen LogP contribution in [0.1, 0.15) is 42.5 Å². The molecule has 1 aliphatic rings. The van der Waals surface area contributed by atoms with Gasteiger partial charge < -0.3 is 9.30 Å². The molecule has 0 N–H and O–H groups in total. The maximum Gasteiger partial charge on any atom is 0.338 e. The SMILES string of the molecule is Cn1cc(-c2cccc(C(=O)OCC3CCCCC3)c2)cc(-n2cccn2)c1=O. The number of hydrogen-bond donors (Lipinski definition) is 0. The fourth-order valence-electron chi connectivity index (χ4n) is 3.88. The molecule has 0 bridgehead atoms. The largest absolute Gasteiger partial charge is 0.462 e. The normalized spacial score (nSPS) is 14.7. The van der Waals surface area contributed by atoms with E-state index in [-0.39, 0.29) is 11.5 Å². The van der Waals surface area contributed by atoms with E-state index in [4.69, 9.17) is 4.74 Å². The van der Waals surface area contributed by atoms with Gasteiger partial charge in [0.1, 0.15) is 5.69 Å². The predicted molar refractivity (Wildman–Crippen MR) is 111 cm³/mol. The summed E-state index contributed by atoms with van der Waals surface area (Å²) in [6, 6.07) is 10.9. The molecule has 1 fully saturated rings. The van der Waals surface area contributed by atoms with E-state index in [1.807, 2.05) is 18.2 Å². The van der Waals surface area contributed by atoms with Crippen molar-refractivity contribution in [1.82, 2.24) is 14.3 Å². The molecule has 1 saturated carbocycles. The quantitative estimate of drug-likeness (QED) is 0.617. The van der Waals surface area contributed by atoms with Crippen LogP contribution < -0.4 is 5.56 Å². The molecule has 0 aliphatic heterocycles. The molecule has 0 spiro atoms. The minimum Gasteiger partial charge on any atom is -0.462 e. The Morgan fingerprint density at radius 1 is 1.14 bits per heavy atom. The summed E-state index contributed by atoms with van der Waals surface area (Å²) in [7, 11) is 1.71. The lowest BCUT2D eigenvalue weighted by Crippen LogP contribution is -2.22. The molecule has 150 valence electrons. The van der Waals surface area contributed by atoms with E-state index < -0.39 is 0 Å². The van der Waals surface area contributed by atoms with Gasteiger partial charge in [-0.3, -0.25) is 4.79 Å². The lowest BCUT2D eigenvalue weighted by molar-refractivity contribution is 0.0410. The average Bonchev–Trinajstić information content (AvgIpc) is 3.29. The highest BCUT2D eigenvalue weighted by Gasteiger charge is 2.17. The highest BCUT2D eigenvalue weighted by molar-refractivity contribution is 5.91. The number of aryl methyl sites for hydroxylation is 1. The van der Waals surface area contributed by atoms with Gasteiger partial charge in [0.25, 0.3) is 5.56 Å². The van der Waals surface area contributed by atoms with Crippen LogP contribution in [-0.4, -0.2) is 26.9 Å². The number of ether oxygens (including phenoxy) is 1. The predicted octanol–water partition coefficient (Wildman–Crippen LogP) is 3.98. The van der Waals surface area contributed by atoms with E-state index in [1.165, 1.54) is 23.8 Å². The number of aromatic nitrogens is 3. The molecule has 2 aromatic heterocycles. The zero-order valence-corrected chi connectivity index (χ0v) is 16.6. The third-order valence-corrected chi connectivity index (χ3v) is 5.52. The van der Waals surface area contributed by atoms with Gasteiger partial charge in [0.05, 0.1) is 12.2 Å². The number of benzene rings is 1. The van der Waals surface area contributed by atoms with E-state index in [2.05, 4.69) is 5.10 Å². The van der Waals surface area contributed by atoms with E-state index in [0.717, 1.165) is 24.0 Å². The molecule has 6 nitrogen and oxygen atoms in total. The summed E-state index contributed by atoms with van der Waals surface area (Å²) >= 11 is 0. The molecule has 0 radical (unpaired) electrons. The Bertz CT molecular complexity index is 1050. The molecule has 0 unspecified atom stereocenters. The maximum absolute atomic E-state index is 12.6. The van der Waals surface area contributed by atoms with E-state index in [1.54, 1.807) is 48.5 Å². The molecular weight excluding hydrogens is 366 g/mol. The van der Waals surface area contributed by atoms with Crippen LogP contribution in [0.25, 0.3) is 16.8 Å². The second-order valence-electron chi connectivity index (χ2n) is 7.66. The monoisotopic (exact) mass is 391 g/mol. The first-order valence-corrected chi connectivity index (χ1v) is 10.1. The van der Waals surface area contributed by atoms with Crippen LogP contribution in [0.5, 0.6) is 0 Å². The van der Waals surface area contributed by atoms with Crippen LogP contribution in [0.4, 0.5) is 0 Å². The zero-order valence-electron chi connectivity index (χ0n) is 16.6. The van der Waals surface area contributed by atoms with Crippen molar-refractivity contribution in [1.29, 1.82) is 0 Å². The van der Waals surface area contributed by atoms with Gasteiger partial charge in [-0.1, -0.05) is 31.4 Å². The fourth-order valence-corrected chi connectivity index (χ4v) is 3.88. The standard InChI is InChI=1S/C23H25N3O3/c1-25-15-20(14-21(22(25)27)26-12-6-11-24-26)18-9-5-10-19(13-18)23(28)29-16-17-7-3-2-4-8-17/h5-6,9-15,17H,2-4,7-8,16H2,1H3. The highest BCUT2D eigenvalue weighted by atomic mass is 16.5. The molecule has 29 heavy (non-hydrogen) atoms. The molecule has 0 amide bonds. The Morgan fingerprint density at radius 2 is 1.97 bits per heavy atom. The Hall–Kier alpha value is -3.15. The summed E-state index contributed by atoms with van der Waals surface area (Å²) < 4.78 is 8.65. The highest BCUT2D eigenvalue weighted by Crippen LogP contribution is 2.25. The Morgan fingerprint density at radius 3 is 2.72 bits per heavy atom. The van der Waals surface area contributed by atoms with Crippen LogP contribution in [-0.2, 0) is 11.8 Å². The second kappa shape index (κ2) is 8.47. The van der Waals surface area contributed by atoms with Crippen molar-refractivity contribution in [3.8, 4) is 16.8 Å². The van der Waals surface area contributed by atoms with Crippen molar-refractivity contribution >= 4 is 5.97 Å². The Kier molecular flexibility index (Phi) is 5.60. The van der Waals surface area contributed by atoms with Gasteiger partial charge in [-0.05, 0) is 48.6 Å². The summed E-state index contributed by atoms with van der Waals surface area (Å²) in [5.74, 6) is 0.186. The van der Waals surface area contributed by atoms with Crippen LogP contribution >= 0.6 is 0 Å². The minimum atomic E-state index is -0.297. The third-order valence-electron chi connectivity index (χ3n) is 5.52. The first-order valence-electron chi connectivity index (χ1n) is 10.1. The lowest BCUT2D eigenvalue weighted by Gasteiger charge is -2.21. The van der Waals surface area contributed by atoms with Gasteiger partial charge in [0, 0.05) is 31.2 Å². The van der Waals surface area contributed by atoms with Crippen LogP contribution in [0.3, 0.4) is 0 Å². The smallest absolute Gasteiger partial charge is 0.338 e. The van der Waals surface area contributed by atoms with Gasteiger partial charge in [0.15, 0.2) is 0 Å². The van der Waals surface area contributed by atoms with E-state index in [0.29, 0.717) is 23.8 Å². The molecule has 1 aromatic carbocycles. The van der Waals surface area contributed by atoms with Gasteiger partial charge in [-0.25, -0.2) is 9.48 Å². The van der Waals surface area contributed by atoms with Crippen molar-refractivity contribution in [2.24, 2.45) is 13.0 Å². The topological polar surface area (TPSA) is 66.1 Å². The summed E-state index contributed by atoms with van der Waals surface area (Å²) in [5.41, 5.74) is 2.52. The Labute approximate surface area is 169 Å². The summed E-state index contributed by atoms with van der Waals surface area (Å²) in [4.78, 5) is 25.0. The lowest BCUT2D eigenvalue weighted by atomic mass is 9.90. The van der Waals surface area contributed by atoms with Crippen molar-refractivity contribution in [3.05, 3.63) is 70.9 Å². The molecule has 1 aliphatic carbocycles. The molecule has 0 saturated heterocycles. The molecular formula is C23H25N3O3. The second-order valence-corrected chi connectivity index (χ2v) is 7.66. The number of pyridine rings is 1. The third kappa shape index (κ3) is 4.31. The first kappa shape index (κ1) is 19.2. The zero-order chi connectivity index (χ0) is 20.2. The summed E-state index contributed by atoms with van der Waals surface area (Å²) in [6.07, 6.45) is 11.2. The van der Waals surface area contributed by atoms with E-state index in [9.17, 15) is 9.59 Å². The van der Waals surface area contributed by atoms with E-state index >= 15 is 0 Å². The molecule has 6 heteroatoms. The van der Waals surface area contributed by atoms with Crippen molar-refractivity contribution < 1.29 is 9.53 Å². The molecule has 2 heterocycles. The summed E-state index contributed by atoms with van der Waals surface area (Å²) in [6.45, 7) is 0.492. The number of rotatable bonds is 5. The first-order chi connectivity index (χ1) is 14.1. The van der Waals surface area contributed by atoms with Gasteiger partial charge in [-0.15, -0.1) is 0 Å². The van der Waals surface area contributed by atoms with Gasteiger partial charge in [-0.2, -0.15) is 5.10 Å². The molecule has 4 rings (SSSR count). The van der Waals surface area contributed by atoms with Crippen molar-refractivity contribution in [2.75, 3.05) is 6.61 Å². The van der Waals surface area contributed by atoms with Gasteiger partial charge in [0.2, 0.25) is 0 Å². The van der Waals surface area contributed by atoms with Crippen molar-refractivity contribution in [3.63, 3.8) is 0 Å². The number of nitrogens with zero attached hydrogens (tertiary/aromatic N) is 3. The minimum absolute atomic E-state index is 0.138. The van der Waals surface area contributed by atoms with Crippen LogP contribution in [0.2, 0.25) is 0 Å².